The molecule has 1 N–H and O–H groups in total. The predicted molar refractivity (Wildman–Crippen MR) is 182 cm³/mol. The van der Waals surface area contributed by atoms with Crippen molar-refractivity contribution in [3.63, 3.8) is 0 Å². The monoisotopic (exact) mass is 665 g/mol. The van der Waals surface area contributed by atoms with Crippen LogP contribution in [-0.4, -0.2) is 50.0 Å². The van der Waals surface area contributed by atoms with Crippen molar-refractivity contribution in [1.82, 2.24) is 10.2 Å². The molecule has 0 radical (unpaired) electrons. The highest BCUT2D eigenvalue weighted by molar-refractivity contribution is 7.92. The van der Waals surface area contributed by atoms with Crippen LogP contribution in [0.15, 0.2) is 91.0 Å². The summed E-state index contributed by atoms with van der Waals surface area (Å²) in [7, 11) is -3.91. The summed E-state index contributed by atoms with van der Waals surface area (Å²) < 4.78 is 27.7. The number of benzene rings is 4. The molecule has 1 atom stereocenters. The fourth-order valence-corrected chi connectivity index (χ4v) is 7.28. The molecule has 4 aromatic rings. The van der Waals surface area contributed by atoms with E-state index in [0.717, 1.165) is 53.6 Å². The molecule has 236 valence electrons. The van der Waals surface area contributed by atoms with Crippen molar-refractivity contribution in [2.24, 2.45) is 0 Å². The summed E-state index contributed by atoms with van der Waals surface area (Å²) in [6, 6.07) is 26.3. The molecule has 10 heteroatoms. The van der Waals surface area contributed by atoms with Crippen LogP contribution in [0.1, 0.15) is 43.2 Å². The summed E-state index contributed by atoms with van der Waals surface area (Å²) in [5, 5.41) is 5.53. The van der Waals surface area contributed by atoms with Crippen LogP contribution in [0.3, 0.4) is 0 Å². The molecular weight excluding hydrogens is 629 g/mol. The third-order valence-electron chi connectivity index (χ3n) is 8.29. The molecule has 0 unspecified atom stereocenters. The van der Waals surface area contributed by atoms with Crippen LogP contribution in [0.4, 0.5) is 5.69 Å². The highest BCUT2D eigenvalue weighted by atomic mass is 35.5. The topological polar surface area (TPSA) is 86.8 Å². The van der Waals surface area contributed by atoms with Gasteiger partial charge in [-0.1, -0.05) is 115 Å². The van der Waals surface area contributed by atoms with E-state index in [0.29, 0.717) is 26.7 Å². The zero-order chi connectivity index (χ0) is 32.0. The lowest BCUT2D eigenvalue weighted by Gasteiger charge is -2.35. The summed E-state index contributed by atoms with van der Waals surface area (Å²) in [6.45, 7) is -0.516. The number of carbonyl (C=O) groups excluding carboxylic acids is 2. The van der Waals surface area contributed by atoms with Gasteiger partial charge >= 0.3 is 0 Å². The smallest absolute Gasteiger partial charge is 0.244 e. The number of hydrogen-bond donors (Lipinski definition) is 1. The van der Waals surface area contributed by atoms with E-state index in [9.17, 15) is 18.0 Å². The second kappa shape index (κ2) is 14.7. The molecule has 0 bridgehead atoms. The van der Waals surface area contributed by atoms with Crippen molar-refractivity contribution < 1.29 is 18.0 Å². The first-order valence-corrected chi connectivity index (χ1v) is 17.7. The van der Waals surface area contributed by atoms with Gasteiger partial charge in [0, 0.05) is 34.4 Å². The lowest BCUT2D eigenvalue weighted by Crippen LogP contribution is -2.55. The maximum Gasteiger partial charge on any atom is 0.244 e. The first kappa shape index (κ1) is 32.8. The molecule has 0 spiro atoms. The van der Waals surface area contributed by atoms with Gasteiger partial charge in [0.25, 0.3) is 0 Å². The Hall–Kier alpha value is -3.59. The van der Waals surface area contributed by atoms with Gasteiger partial charge in [-0.3, -0.25) is 13.9 Å². The molecule has 7 nitrogen and oxygen atoms in total. The molecule has 45 heavy (non-hydrogen) atoms. The van der Waals surface area contributed by atoms with E-state index in [-0.39, 0.29) is 24.9 Å². The highest BCUT2D eigenvalue weighted by Crippen LogP contribution is 2.30. The van der Waals surface area contributed by atoms with Crippen LogP contribution >= 0.6 is 23.2 Å². The van der Waals surface area contributed by atoms with Crippen LogP contribution in [-0.2, 0) is 32.6 Å². The minimum Gasteiger partial charge on any atom is -0.352 e. The molecule has 1 saturated carbocycles. The third kappa shape index (κ3) is 8.37. The van der Waals surface area contributed by atoms with Crippen LogP contribution in [0.2, 0.25) is 10.0 Å². The molecule has 1 aliphatic carbocycles. The number of carbonyl (C=O) groups is 2. The lowest BCUT2D eigenvalue weighted by molar-refractivity contribution is -0.140. The predicted octanol–water partition coefficient (Wildman–Crippen LogP) is 7.00. The van der Waals surface area contributed by atoms with Crippen molar-refractivity contribution in [3.05, 3.63) is 112 Å². The molecule has 2 amide bonds. The Labute approximate surface area is 275 Å². The van der Waals surface area contributed by atoms with Gasteiger partial charge in [-0.2, -0.15) is 0 Å². The number of anilines is 1. The molecular formula is C35H37Cl2N3O4S. The molecule has 0 heterocycles. The van der Waals surface area contributed by atoms with Gasteiger partial charge in [0.15, 0.2) is 0 Å². The van der Waals surface area contributed by atoms with Crippen molar-refractivity contribution in [3.8, 4) is 0 Å². The number of nitrogens with zero attached hydrogens (tertiary/aromatic N) is 2. The number of hydrogen-bond acceptors (Lipinski definition) is 4. The summed E-state index contributed by atoms with van der Waals surface area (Å²) in [4.78, 5) is 30.1. The molecule has 1 aliphatic rings. The SMILES string of the molecule is CS(=O)(=O)N(CC(=O)N(Cc1ccc(Cl)cc1Cl)[C@@H](Cc1ccccc1)C(=O)NC1CCCCC1)c1cccc2ccccc12. The van der Waals surface area contributed by atoms with Crippen molar-refractivity contribution in [2.75, 3.05) is 17.1 Å². The number of sulfonamides is 1. The fraction of sp³-hybridized carbons (Fsp3) is 0.314. The zero-order valence-corrected chi connectivity index (χ0v) is 27.5. The normalized spacial score (nSPS) is 14.6. The van der Waals surface area contributed by atoms with Gasteiger partial charge in [-0.15, -0.1) is 0 Å². The number of fused-ring (bicyclic) bond motifs is 1. The second-order valence-corrected chi connectivity index (χ2v) is 14.3. The van der Waals surface area contributed by atoms with Gasteiger partial charge in [-0.05, 0) is 47.6 Å². The number of rotatable bonds is 11. The average molecular weight is 667 g/mol. The van der Waals surface area contributed by atoms with Crippen molar-refractivity contribution in [1.29, 1.82) is 0 Å². The Morgan fingerprint density at radius 2 is 1.58 bits per heavy atom. The number of amides is 2. The van der Waals surface area contributed by atoms with E-state index in [2.05, 4.69) is 5.32 Å². The number of nitrogens with one attached hydrogen (secondary N) is 1. The third-order valence-corrected chi connectivity index (χ3v) is 10.0. The van der Waals surface area contributed by atoms with Gasteiger partial charge in [0.05, 0.1) is 11.9 Å². The van der Waals surface area contributed by atoms with Crippen LogP contribution in [0.5, 0.6) is 0 Å². The molecule has 0 aliphatic heterocycles. The van der Waals surface area contributed by atoms with E-state index in [4.69, 9.17) is 23.2 Å². The Morgan fingerprint density at radius 3 is 2.29 bits per heavy atom. The van der Waals surface area contributed by atoms with Gasteiger partial charge in [-0.25, -0.2) is 8.42 Å². The van der Waals surface area contributed by atoms with Crippen LogP contribution in [0.25, 0.3) is 10.8 Å². The van der Waals surface area contributed by atoms with Crippen molar-refractivity contribution >= 4 is 61.5 Å². The van der Waals surface area contributed by atoms with Crippen molar-refractivity contribution in [2.45, 2.75) is 57.2 Å². The van der Waals surface area contributed by atoms with Gasteiger partial charge in [0.2, 0.25) is 21.8 Å². The highest BCUT2D eigenvalue weighted by Gasteiger charge is 2.34. The summed E-state index contributed by atoms with van der Waals surface area (Å²) >= 11 is 12.8. The van der Waals surface area contributed by atoms with Gasteiger partial charge in [0.1, 0.15) is 12.6 Å². The second-order valence-electron chi connectivity index (χ2n) is 11.6. The Kier molecular flexibility index (Phi) is 10.7. The van der Waals surface area contributed by atoms with Gasteiger partial charge < -0.3 is 10.2 Å². The average Bonchev–Trinajstić information content (AvgIpc) is 3.02. The van der Waals surface area contributed by atoms with E-state index in [1.807, 2.05) is 60.7 Å². The van der Waals surface area contributed by atoms with E-state index < -0.39 is 28.5 Å². The molecule has 4 aromatic carbocycles. The summed E-state index contributed by atoms with van der Waals surface area (Å²) in [6.07, 6.45) is 6.28. The maximum absolute atomic E-state index is 14.5. The molecule has 1 fully saturated rings. The zero-order valence-electron chi connectivity index (χ0n) is 25.2. The van der Waals surface area contributed by atoms with E-state index >= 15 is 0 Å². The Morgan fingerprint density at radius 1 is 0.889 bits per heavy atom. The standard InChI is InChI=1S/C35H37Cl2N3O4S/c1-45(43,44)40(32-18-10-14-26-13-8-9-17-30(26)32)24-34(41)39(23-27-19-20-28(36)22-31(27)37)33(21-25-11-4-2-5-12-25)35(42)38-29-15-6-3-7-16-29/h2,4-5,8-14,17-20,22,29,33H,3,6-7,15-16,21,23-24H2,1H3,(H,38,42)/t33-/m0/s1. The summed E-state index contributed by atoms with van der Waals surface area (Å²) in [5.74, 6) is -0.806. The molecule has 0 saturated heterocycles. The Balaban J connectivity index is 1.56. The minimum atomic E-state index is -3.91. The largest absolute Gasteiger partial charge is 0.352 e. The van der Waals surface area contributed by atoms with E-state index in [1.165, 1.54) is 4.90 Å². The minimum absolute atomic E-state index is 0.0163. The first-order valence-electron chi connectivity index (χ1n) is 15.1. The quantitative estimate of drug-likeness (QED) is 0.187. The molecule has 5 rings (SSSR count). The Bertz CT molecular complexity index is 1760. The van der Waals surface area contributed by atoms with Crippen LogP contribution in [0, 0.1) is 0 Å². The number of halogens is 2. The lowest BCUT2D eigenvalue weighted by atomic mass is 9.94. The maximum atomic E-state index is 14.5. The first-order chi connectivity index (χ1) is 21.6. The summed E-state index contributed by atoms with van der Waals surface area (Å²) in [5.41, 5.74) is 1.85. The van der Waals surface area contributed by atoms with Crippen LogP contribution < -0.4 is 9.62 Å². The fourth-order valence-electron chi connectivity index (χ4n) is 5.95. The van der Waals surface area contributed by atoms with E-state index in [1.54, 1.807) is 30.3 Å². The molecule has 0 aromatic heterocycles.